The van der Waals surface area contributed by atoms with Gasteiger partial charge in [0.25, 0.3) is 0 Å². The minimum atomic E-state index is -0.423. The van der Waals surface area contributed by atoms with Gasteiger partial charge in [-0.15, -0.1) is 0 Å². The van der Waals surface area contributed by atoms with Crippen molar-refractivity contribution in [3.8, 4) is 0 Å². The SMILES string of the molecule is O=Cc1cccc(C(O)C2CCCSC2)c1. The lowest BCUT2D eigenvalue weighted by Crippen LogP contribution is -2.19. The van der Waals surface area contributed by atoms with Crippen molar-refractivity contribution >= 4 is 18.0 Å². The zero-order valence-electron chi connectivity index (χ0n) is 9.13. The molecule has 1 heterocycles. The van der Waals surface area contributed by atoms with E-state index in [-0.39, 0.29) is 0 Å². The Balaban J connectivity index is 2.12. The van der Waals surface area contributed by atoms with Gasteiger partial charge in [0.15, 0.2) is 0 Å². The molecule has 1 saturated heterocycles. The zero-order valence-corrected chi connectivity index (χ0v) is 9.95. The van der Waals surface area contributed by atoms with E-state index in [1.807, 2.05) is 23.9 Å². The Kier molecular flexibility index (Phi) is 4.02. The van der Waals surface area contributed by atoms with Gasteiger partial charge in [-0.2, -0.15) is 11.8 Å². The van der Waals surface area contributed by atoms with E-state index in [1.54, 1.807) is 12.1 Å². The van der Waals surface area contributed by atoms with Gasteiger partial charge in [-0.05, 0) is 41.9 Å². The highest BCUT2D eigenvalue weighted by Gasteiger charge is 2.23. The van der Waals surface area contributed by atoms with Crippen LogP contribution in [0, 0.1) is 5.92 Å². The molecule has 1 aliphatic heterocycles. The first-order chi connectivity index (χ1) is 7.81. The molecular weight excluding hydrogens is 220 g/mol. The summed E-state index contributed by atoms with van der Waals surface area (Å²) < 4.78 is 0. The number of aliphatic hydroxyl groups is 1. The molecule has 2 rings (SSSR count). The van der Waals surface area contributed by atoms with Crippen molar-refractivity contribution in [2.24, 2.45) is 5.92 Å². The number of hydrogen-bond acceptors (Lipinski definition) is 3. The second kappa shape index (κ2) is 5.51. The summed E-state index contributed by atoms with van der Waals surface area (Å²) in [4.78, 5) is 10.7. The van der Waals surface area contributed by atoms with E-state index < -0.39 is 6.10 Å². The molecule has 16 heavy (non-hydrogen) atoms. The van der Waals surface area contributed by atoms with Crippen LogP contribution < -0.4 is 0 Å². The fourth-order valence-corrected chi connectivity index (χ4v) is 3.29. The Morgan fingerprint density at radius 1 is 1.50 bits per heavy atom. The number of aliphatic hydroxyl groups excluding tert-OH is 1. The molecule has 0 amide bonds. The lowest BCUT2D eigenvalue weighted by Gasteiger charge is -2.26. The molecule has 0 saturated carbocycles. The maximum absolute atomic E-state index is 10.7. The number of carbonyl (C=O) groups excluding carboxylic acids is 1. The van der Waals surface area contributed by atoms with Gasteiger partial charge in [-0.3, -0.25) is 4.79 Å². The van der Waals surface area contributed by atoms with Crippen LogP contribution in [0.25, 0.3) is 0 Å². The largest absolute Gasteiger partial charge is 0.388 e. The van der Waals surface area contributed by atoms with E-state index in [9.17, 15) is 9.90 Å². The van der Waals surface area contributed by atoms with Crippen molar-refractivity contribution in [2.75, 3.05) is 11.5 Å². The van der Waals surface area contributed by atoms with Gasteiger partial charge in [-0.1, -0.05) is 18.2 Å². The summed E-state index contributed by atoms with van der Waals surface area (Å²) in [5.74, 6) is 2.56. The predicted molar refractivity (Wildman–Crippen MR) is 66.8 cm³/mol. The summed E-state index contributed by atoms with van der Waals surface area (Å²) in [6.45, 7) is 0. The fraction of sp³-hybridized carbons (Fsp3) is 0.462. The van der Waals surface area contributed by atoms with Crippen LogP contribution in [0.5, 0.6) is 0 Å². The Bertz CT molecular complexity index is 359. The van der Waals surface area contributed by atoms with Gasteiger partial charge in [-0.25, -0.2) is 0 Å². The predicted octanol–water partition coefficient (Wildman–Crippen LogP) is 2.68. The molecule has 0 aliphatic carbocycles. The quantitative estimate of drug-likeness (QED) is 0.820. The summed E-state index contributed by atoms with van der Waals surface area (Å²) in [6.07, 6.45) is 2.66. The lowest BCUT2D eigenvalue weighted by atomic mass is 9.92. The second-order valence-corrected chi connectivity index (χ2v) is 5.36. The standard InChI is InChI=1S/C13H16O2S/c14-8-10-3-1-4-11(7-10)13(15)12-5-2-6-16-9-12/h1,3-4,7-8,12-13,15H,2,5-6,9H2. The van der Waals surface area contributed by atoms with Crippen molar-refractivity contribution in [3.05, 3.63) is 35.4 Å². The Morgan fingerprint density at radius 2 is 2.38 bits per heavy atom. The molecule has 1 aromatic rings. The number of benzene rings is 1. The van der Waals surface area contributed by atoms with Crippen molar-refractivity contribution in [1.82, 2.24) is 0 Å². The molecule has 3 heteroatoms. The second-order valence-electron chi connectivity index (χ2n) is 4.21. The minimum absolute atomic E-state index is 0.334. The third-order valence-corrected chi connectivity index (χ3v) is 4.27. The molecule has 2 unspecified atom stereocenters. The first-order valence-corrected chi connectivity index (χ1v) is 6.77. The van der Waals surface area contributed by atoms with Gasteiger partial charge >= 0.3 is 0 Å². The van der Waals surface area contributed by atoms with E-state index in [0.29, 0.717) is 11.5 Å². The molecule has 0 bridgehead atoms. The third kappa shape index (κ3) is 2.66. The van der Waals surface area contributed by atoms with Crippen LogP contribution in [-0.2, 0) is 0 Å². The van der Waals surface area contributed by atoms with E-state index in [0.717, 1.165) is 24.0 Å². The van der Waals surface area contributed by atoms with Crippen LogP contribution in [0.4, 0.5) is 0 Å². The van der Waals surface area contributed by atoms with Gasteiger partial charge in [0, 0.05) is 5.56 Å². The maximum atomic E-state index is 10.7. The van der Waals surface area contributed by atoms with Crippen molar-refractivity contribution in [1.29, 1.82) is 0 Å². The molecule has 2 nitrogen and oxygen atoms in total. The van der Waals surface area contributed by atoms with Gasteiger partial charge in [0.05, 0.1) is 6.10 Å². The summed E-state index contributed by atoms with van der Waals surface area (Å²) >= 11 is 1.91. The highest BCUT2D eigenvalue weighted by molar-refractivity contribution is 7.99. The van der Waals surface area contributed by atoms with E-state index in [4.69, 9.17) is 0 Å². The lowest BCUT2D eigenvalue weighted by molar-refractivity contribution is 0.111. The van der Waals surface area contributed by atoms with Gasteiger partial charge < -0.3 is 5.11 Å². The topological polar surface area (TPSA) is 37.3 Å². The summed E-state index contributed by atoms with van der Waals surface area (Å²) in [7, 11) is 0. The number of thioether (sulfide) groups is 1. The molecule has 1 aliphatic rings. The minimum Gasteiger partial charge on any atom is -0.388 e. The first kappa shape index (κ1) is 11.7. The zero-order chi connectivity index (χ0) is 11.4. The number of hydrogen-bond donors (Lipinski definition) is 1. The van der Waals surface area contributed by atoms with Crippen LogP contribution in [-0.4, -0.2) is 22.9 Å². The Hall–Kier alpha value is -0.800. The highest BCUT2D eigenvalue weighted by Crippen LogP contribution is 2.33. The fourth-order valence-electron chi connectivity index (χ4n) is 2.10. The number of aldehydes is 1. The van der Waals surface area contributed by atoms with Crippen LogP contribution in [0.15, 0.2) is 24.3 Å². The van der Waals surface area contributed by atoms with Crippen molar-refractivity contribution < 1.29 is 9.90 Å². The van der Waals surface area contributed by atoms with Gasteiger partial charge in [0.1, 0.15) is 6.29 Å². The summed E-state index contributed by atoms with van der Waals surface area (Å²) in [5, 5.41) is 10.2. The van der Waals surface area contributed by atoms with Crippen LogP contribution >= 0.6 is 11.8 Å². The Labute approximate surface area is 100 Å². The molecule has 86 valence electrons. The average molecular weight is 236 g/mol. The van der Waals surface area contributed by atoms with E-state index in [1.165, 1.54) is 12.2 Å². The molecule has 1 fully saturated rings. The molecule has 0 radical (unpaired) electrons. The molecular formula is C13H16O2S. The van der Waals surface area contributed by atoms with E-state index in [2.05, 4.69) is 0 Å². The molecule has 1 aromatic carbocycles. The summed E-state index contributed by atoms with van der Waals surface area (Å²) in [5.41, 5.74) is 1.51. The monoisotopic (exact) mass is 236 g/mol. The molecule has 0 spiro atoms. The van der Waals surface area contributed by atoms with Gasteiger partial charge in [0.2, 0.25) is 0 Å². The number of rotatable bonds is 3. The van der Waals surface area contributed by atoms with Crippen molar-refractivity contribution in [3.63, 3.8) is 0 Å². The summed E-state index contributed by atoms with van der Waals surface area (Å²) in [6, 6.07) is 7.28. The maximum Gasteiger partial charge on any atom is 0.150 e. The molecule has 2 atom stereocenters. The van der Waals surface area contributed by atoms with Crippen LogP contribution in [0.1, 0.15) is 34.9 Å². The first-order valence-electron chi connectivity index (χ1n) is 5.62. The van der Waals surface area contributed by atoms with Crippen LogP contribution in [0.3, 0.4) is 0 Å². The highest BCUT2D eigenvalue weighted by atomic mass is 32.2. The number of carbonyl (C=O) groups is 1. The third-order valence-electron chi connectivity index (χ3n) is 3.03. The molecule has 0 aromatic heterocycles. The normalized spacial score (nSPS) is 22.7. The smallest absolute Gasteiger partial charge is 0.150 e. The van der Waals surface area contributed by atoms with Crippen molar-refractivity contribution in [2.45, 2.75) is 18.9 Å². The molecule has 1 N–H and O–H groups in total. The van der Waals surface area contributed by atoms with E-state index >= 15 is 0 Å². The average Bonchev–Trinajstić information content (AvgIpc) is 2.39. The Morgan fingerprint density at radius 3 is 3.06 bits per heavy atom. The van der Waals surface area contributed by atoms with Crippen LogP contribution in [0.2, 0.25) is 0 Å².